The van der Waals surface area contributed by atoms with Crippen molar-refractivity contribution < 1.29 is 27.4 Å². The summed E-state index contributed by atoms with van der Waals surface area (Å²) in [5, 5.41) is 0.712. The molecule has 1 aliphatic rings. The van der Waals surface area contributed by atoms with Crippen LogP contribution in [0.5, 0.6) is 5.75 Å². The number of alkyl halides is 3. The van der Waals surface area contributed by atoms with Crippen LogP contribution < -0.4 is 19.6 Å². The number of thiazole rings is 1. The molecule has 0 saturated heterocycles. The molecule has 0 amide bonds. The Hall–Kier alpha value is -3.08. The summed E-state index contributed by atoms with van der Waals surface area (Å²) in [5.74, 6) is -0.781. The van der Waals surface area contributed by atoms with Crippen LogP contribution in [-0.2, 0) is 9.53 Å². The number of carbonyl (C=O) groups excluding carboxylic acids is 1. The Balaban J connectivity index is 2.05. The lowest BCUT2D eigenvalue weighted by atomic mass is 9.95. The molecule has 0 spiro atoms. The number of halogens is 5. The second-order valence-corrected chi connectivity index (χ2v) is 9.61. The number of hydrogen-bond donors (Lipinski definition) is 0. The van der Waals surface area contributed by atoms with Gasteiger partial charge in [0.15, 0.2) is 10.5 Å². The number of hydrogen-bond acceptors (Lipinski definition) is 6. The summed E-state index contributed by atoms with van der Waals surface area (Å²) in [4.78, 5) is 30.0. The van der Waals surface area contributed by atoms with Gasteiger partial charge in [-0.3, -0.25) is 9.36 Å². The Morgan fingerprint density at radius 2 is 1.78 bits per heavy atom. The number of carbonyl (C=O) groups is 1. The molecule has 2 aromatic carbocycles. The second-order valence-electron chi connectivity index (χ2n) is 7.73. The number of esters is 1. The Bertz CT molecular complexity index is 1560. The topological polar surface area (TPSA) is 69.9 Å². The summed E-state index contributed by atoms with van der Waals surface area (Å²) in [5.41, 5.74) is -2.16. The monoisotopic (exact) mass is 570 g/mol. The molecule has 3 aromatic rings. The Labute approximate surface area is 222 Å². The van der Waals surface area contributed by atoms with Gasteiger partial charge in [0, 0.05) is 15.6 Å². The van der Waals surface area contributed by atoms with Crippen LogP contribution in [0.15, 0.2) is 63.5 Å². The van der Waals surface area contributed by atoms with E-state index in [1.165, 1.54) is 37.3 Å². The number of benzene rings is 2. The summed E-state index contributed by atoms with van der Waals surface area (Å²) < 4.78 is 54.2. The van der Waals surface area contributed by atoms with E-state index in [1.807, 2.05) is 0 Å². The van der Waals surface area contributed by atoms with Crippen LogP contribution in [0.1, 0.15) is 31.0 Å². The maximum absolute atomic E-state index is 14.2. The third-order valence-corrected chi connectivity index (χ3v) is 6.81. The summed E-state index contributed by atoms with van der Waals surface area (Å²) >= 11 is 12.9. The van der Waals surface area contributed by atoms with Crippen LogP contribution in [0.4, 0.5) is 13.2 Å². The van der Waals surface area contributed by atoms with Crippen molar-refractivity contribution in [3.05, 3.63) is 94.6 Å². The van der Waals surface area contributed by atoms with Crippen LogP contribution in [-0.4, -0.2) is 29.9 Å². The van der Waals surface area contributed by atoms with Crippen molar-refractivity contribution in [1.82, 2.24) is 4.57 Å². The fourth-order valence-electron chi connectivity index (χ4n) is 3.86. The van der Waals surface area contributed by atoms with Gasteiger partial charge in [0.2, 0.25) is 0 Å². The minimum atomic E-state index is -4.99. The predicted octanol–water partition coefficient (Wildman–Crippen LogP) is 5.05. The second kappa shape index (κ2) is 10.7. The van der Waals surface area contributed by atoms with Crippen LogP contribution in [0.2, 0.25) is 10.0 Å². The molecule has 194 valence electrons. The number of aromatic nitrogens is 1. The molecule has 1 aliphatic heterocycles. The van der Waals surface area contributed by atoms with Crippen molar-refractivity contribution in [3.63, 3.8) is 0 Å². The van der Waals surface area contributed by atoms with E-state index in [0.29, 0.717) is 28.0 Å². The van der Waals surface area contributed by atoms with E-state index < -0.39 is 35.0 Å². The van der Waals surface area contributed by atoms with Gasteiger partial charge in [-0.15, -0.1) is 0 Å². The van der Waals surface area contributed by atoms with Gasteiger partial charge >= 0.3 is 12.1 Å². The van der Waals surface area contributed by atoms with Gasteiger partial charge in [0.05, 0.1) is 29.4 Å². The predicted molar refractivity (Wildman–Crippen MR) is 135 cm³/mol. The SMILES string of the molecule is CCOC(=O)C1=C(C(F)(F)F)N=c2s/c(=C\c3cc(Cl)ccc3OCC)c(=O)n2[C@H]1c1ccc(Cl)cc1. The van der Waals surface area contributed by atoms with E-state index >= 15 is 0 Å². The minimum Gasteiger partial charge on any atom is -0.493 e. The maximum atomic E-state index is 14.2. The molecule has 2 heterocycles. The summed E-state index contributed by atoms with van der Waals surface area (Å²) in [6, 6.07) is 9.20. The van der Waals surface area contributed by atoms with Crippen molar-refractivity contribution in [2.45, 2.75) is 26.1 Å². The van der Waals surface area contributed by atoms with Crippen molar-refractivity contribution in [3.8, 4) is 5.75 Å². The number of fused-ring (bicyclic) bond motifs is 1. The fraction of sp³-hybridized carbons (Fsp3) is 0.240. The molecule has 6 nitrogen and oxygen atoms in total. The average Bonchev–Trinajstić information content (AvgIpc) is 3.15. The lowest BCUT2D eigenvalue weighted by molar-refractivity contribution is -0.140. The van der Waals surface area contributed by atoms with Crippen molar-refractivity contribution in [1.29, 1.82) is 0 Å². The third kappa shape index (κ3) is 5.46. The minimum absolute atomic E-state index is 0.0765. The molecule has 0 aliphatic carbocycles. The van der Waals surface area contributed by atoms with Crippen LogP contribution in [0, 0.1) is 0 Å². The molecule has 0 saturated carbocycles. The molecular formula is C25H19Cl2F3N2O4S. The zero-order valence-electron chi connectivity index (χ0n) is 19.4. The molecule has 12 heteroatoms. The van der Waals surface area contributed by atoms with E-state index in [4.69, 9.17) is 32.7 Å². The van der Waals surface area contributed by atoms with Gasteiger partial charge in [-0.05, 0) is 55.8 Å². The largest absolute Gasteiger partial charge is 0.493 e. The third-order valence-electron chi connectivity index (χ3n) is 5.34. The van der Waals surface area contributed by atoms with Crippen LogP contribution >= 0.6 is 34.5 Å². The molecule has 0 radical (unpaired) electrons. The first-order valence-corrected chi connectivity index (χ1v) is 12.6. The first-order chi connectivity index (χ1) is 17.5. The fourth-order valence-corrected chi connectivity index (χ4v) is 5.16. The smallest absolute Gasteiger partial charge is 0.434 e. The zero-order valence-corrected chi connectivity index (χ0v) is 21.8. The highest BCUT2D eigenvalue weighted by Gasteiger charge is 2.45. The normalized spacial score (nSPS) is 15.9. The Morgan fingerprint density at radius 1 is 1.11 bits per heavy atom. The number of allylic oxidation sites excluding steroid dienone is 1. The molecule has 4 rings (SSSR count). The highest BCUT2D eigenvalue weighted by atomic mass is 35.5. The quantitative estimate of drug-likeness (QED) is 0.389. The van der Waals surface area contributed by atoms with Gasteiger partial charge in [-0.1, -0.05) is 46.7 Å². The van der Waals surface area contributed by atoms with Gasteiger partial charge in [-0.25, -0.2) is 9.79 Å². The van der Waals surface area contributed by atoms with Gasteiger partial charge in [0.1, 0.15) is 5.75 Å². The molecular weight excluding hydrogens is 552 g/mol. The van der Waals surface area contributed by atoms with E-state index in [1.54, 1.807) is 25.1 Å². The average molecular weight is 571 g/mol. The molecule has 1 atom stereocenters. The van der Waals surface area contributed by atoms with Crippen LogP contribution in [0.3, 0.4) is 0 Å². The van der Waals surface area contributed by atoms with Crippen LogP contribution in [0.25, 0.3) is 6.08 Å². The van der Waals surface area contributed by atoms with Crippen molar-refractivity contribution in [2.24, 2.45) is 4.99 Å². The van der Waals surface area contributed by atoms with Crippen molar-refractivity contribution in [2.75, 3.05) is 13.2 Å². The lowest BCUT2D eigenvalue weighted by Gasteiger charge is -2.26. The zero-order chi connectivity index (χ0) is 26.9. The Kier molecular flexibility index (Phi) is 7.82. The molecule has 0 N–H and O–H groups in total. The number of ether oxygens (including phenoxy) is 2. The van der Waals surface area contributed by atoms with E-state index in [2.05, 4.69) is 4.99 Å². The van der Waals surface area contributed by atoms with E-state index in [-0.39, 0.29) is 21.5 Å². The highest BCUT2D eigenvalue weighted by molar-refractivity contribution is 7.07. The maximum Gasteiger partial charge on any atom is 0.434 e. The van der Waals surface area contributed by atoms with Gasteiger partial charge in [0.25, 0.3) is 5.56 Å². The van der Waals surface area contributed by atoms with Gasteiger partial charge < -0.3 is 9.47 Å². The molecule has 0 bridgehead atoms. The highest BCUT2D eigenvalue weighted by Crippen LogP contribution is 2.38. The summed E-state index contributed by atoms with van der Waals surface area (Å²) in [7, 11) is 0. The summed E-state index contributed by atoms with van der Waals surface area (Å²) in [6.07, 6.45) is -3.52. The van der Waals surface area contributed by atoms with Crippen molar-refractivity contribution >= 4 is 46.6 Å². The number of rotatable bonds is 6. The number of nitrogens with zero attached hydrogens (tertiary/aromatic N) is 2. The summed E-state index contributed by atoms with van der Waals surface area (Å²) in [6.45, 7) is 3.44. The van der Waals surface area contributed by atoms with Gasteiger partial charge in [-0.2, -0.15) is 13.2 Å². The Morgan fingerprint density at radius 3 is 2.41 bits per heavy atom. The molecule has 37 heavy (non-hydrogen) atoms. The lowest BCUT2D eigenvalue weighted by Crippen LogP contribution is -2.41. The first-order valence-electron chi connectivity index (χ1n) is 11.0. The molecule has 0 fully saturated rings. The van der Waals surface area contributed by atoms with E-state index in [0.717, 1.165) is 15.9 Å². The van der Waals surface area contributed by atoms with E-state index in [9.17, 15) is 22.8 Å². The molecule has 0 unspecified atom stereocenters. The molecule has 1 aromatic heterocycles. The first kappa shape index (κ1) is 27.0. The standard InChI is InChI=1S/C25H19Cl2F3N2O4S/c1-3-35-17-10-9-16(27)11-14(17)12-18-22(33)32-20(13-5-7-15(26)8-6-13)19(23(34)36-4-2)21(25(28,29)30)31-24(32)37-18/h5-12,20H,3-4H2,1-2H3/b18-12-/t20-/m0/s1.